The van der Waals surface area contributed by atoms with E-state index < -0.39 is 17.8 Å². The molecule has 1 aromatic rings. The van der Waals surface area contributed by atoms with Gasteiger partial charge >= 0.3 is 6.18 Å². The number of nitrogens with two attached hydrogens (primary N) is 1. The van der Waals surface area contributed by atoms with E-state index >= 15 is 0 Å². The molecule has 0 spiro atoms. The smallest absolute Gasteiger partial charge is 0.416 e. The maximum atomic E-state index is 12.8. The summed E-state index contributed by atoms with van der Waals surface area (Å²) < 4.78 is 43.3. The fourth-order valence-electron chi connectivity index (χ4n) is 1.54. The maximum absolute atomic E-state index is 12.8. The molecule has 1 aromatic carbocycles. The lowest BCUT2D eigenvalue weighted by Crippen LogP contribution is -2.17. The monoisotopic (exact) mass is 281 g/mol. The molecular weight excluding hydrogens is 267 g/mol. The van der Waals surface area contributed by atoms with Crippen molar-refractivity contribution in [3.63, 3.8) is 0 Å². The second-order valence-corrected chi connectivity index (χ2v) is 3.58. The first-order valence-corrected chi connectivity index (χ1v) is 5.01. The molecule has 102 valence electrons. The van der Waals surface area contributed by atoms with Gasteiger partial charge in [-0.1, -0.05) is 12.1 Å². The zero-order valence-corrected chi connectivity index (χ0v) is 10.6. The topological polar surface area (TPSA) is 35.2 Å². The summed E-state index contributed by atoms with van der Waals surface area (Å²) in [6, 6.07) is 3.05. The molecule has 0 aliphatic heterocycles. The Morgan fingerprint density at radius 3 is 2.50 bits per heavy atom. The van der Waals surface area contributed by atoms with Gasteiger partial charge in [0.25, 0.3) is 0 Å². The summed E-state index contributed by atoms with van der Waals surface area (Å²) in [5.74, 6) is 0.159. The van der Waals surface area contributed by atoms with Crippen molar-refractivity contribution in [2.45, 2.75) is 18.6 Å². The van der Waals surface area contributed by atoms with Gasteiger partial charge < -0.3 is 10.5 Å². The minimum Gasteiger partial charge on any atom is -0.497 e. The van der Waals surface area contributed by atoms with E-state index in [9.17, 15) is 13.2 Å². The quantitative estimate of drug-likeness (QED) is 0.854. The molecule has 6 heteroatoms. The molecule has 0 unspecified atom stereocenters. The van der Waals surface area contributed by atoms with Crippen LogP contribution in [-0.2, 0) is 6.18 Å². The fourth-order valence-corrected chi connectivity index (χ4v) is 1.54. The number of hydrogen-bond acceptors (Lipinski definition) is 2. The number of methoxy groups -OCH3 is 1. The lowest BCUT2D eigenvalue weighted by Gasteiger charge is -2.18. The average Bonchev–Trinajstić information content (AvgIpc) is 2.27. The number of alkyl halides is 3. The molecule has 0 heterocycles. The molecule has 2 nitrogen and oxygen atoms in total. The van der Waals surface area contributed by atoms with Crippen molar-refractivity contribution in [2.75, 3.05) is 7.11 Å². The average molecular weight is 282 g/mol. The second-order valence-electron chi connectivity index (χ2n) is 3.58. The van der Waals surface area contributed by atoms with Gasteiger partial charge in [0.15, 0.2) is 0 Å². The molecule has 18 heavy (non-hydrogen) atoms. The molecule has 0 fully saturated rings. The first-order chi connectivity index (χ1) is 7.90. The number of ether oxygens (including phenoxy) is 1. The zero-order valence-electron chi connectivity index (χ0n) is 9.83. The summed E-state index contributed by atoms with van der Waals surface area (Å²) in [5, 5.41) is 0. The molecule has 0 aliphatic carbocycles. The number of halogens is 4. The molecule has 0 saturated heterocycles. The molecule has 0 aliphatic rings. The molecule has 0 amide bonds. The predicted octanol–water partition coefficient (Wildman–Crippen LogP) is 3.71. The van der Waals surface area contributed by atoms with E-state index in [1.54, 1.807) is 0 Å². The van der Waals surface area contributed by atoms with E-state index in [4.69, 9.17) is 10.5 Å². The highest BCUT2D eigenvalue weighted by atomic mass is 35.5. The lowest BCUT2D eigenvalue weighted by molar-refractivity contribution is -0.138. The molecular formula is C12H15ClF3NO. The van der Waals surface area contributed by atoms with Crippen molar-refractivity contribution in [2.24, 2.45) is 5.73 Å². The highest BCUT2D eigenvalue weighted by Gasteiger charge is 2.34. The van der Waals surface area contributed by atoms with Crippen LogP contribution in [0.5, 0.6) is 5.75 Å². The third-order valence-electron chi connectivity index (χ3n) is 2.39. The van der Waals surface area contributed by atoms with Crippen molar-refractivity contribution in [1.82, 2.24) is 0 Å². The van der Waals surface area contributed by atoms with Gasteiger partial charge in [-0.2, -0.15) is 13.2 Å². The first-order valence-electron chi connectivity index (χ1n) is 5.01. The van der Waals surface area contributed by atoms with Crippen molar-refractivity contribution in [3.05, 3.63) is 42.0 Å². The van der Waals surface area contributed by atoms with Crippen LogP contribution in [0.15, 0.2) is 30.9 Å². The molecule has 0 radical (unpaired) electrons. The zero-order chi connectivity index (χ0) is 13.1. The molecule has 2 N–H and O–H groups in total. The van der Waals surface area contributed by atoms with Crippen LogP contribution in [0.25, 0.3) is 0 Å². The summed E-state index contributed by atoms with van der Waals surface area (Å²) >= 11 is 0. The van der Waals surface area contributed by atoms with E-state index in [1.165, 1.54) is 25.3 Å². The van der Waals surface area contributed by atoms with E-state index in [0.717, 1.165) is 6.07 Å². The second kappa shape index (κ2) is 6.66. The van der Waals surface area contributed by atoms with Crippen molar-refractivity contribution in [3.8, 4) is 5.75 Å². The minimum atomic E-state index is -4.44. The Hall–Kier alpha value is -1.20. The Kier molecular flexibility index (Phi) is 6.21. The largest absolute Gasteiger partial charge is 0.497 e. The van der Waals surface area contributed by atoms with Crippen LogP contribution in [0, 0.1) is 0 Å². The Balaban J connectivity index is 0.00000289. The highest BCUT2D eigenvalue weighted by Crippen LogP contribution is 2.37. The van der Waals surface area contributed by atoms with Crippen LogP contribution in [-0.4, -0.2) is 7.11 Å². The summed E-state index contributed by atoms with van der Waals surface area (Å²) in [6.07, 6.45) is -2.66. The molecule has 1 atom stereocenters. The van der Waals surface area contributed by atoms with Gasteiger partial charge in [0.1, 0.15) is 5.75 Å². The highest BCUT2D eigenvalue weighted by molar-refractivity contribution is 5.85. The Labute approximate surface area is 110 Å². The maximum Gasteiger partial charge on any atom is 0.416 e. The van der Waals surface area contributed by atoms with Gasteiger partial charge in [0, 0.05) is 6.04 Å². The van der Waals surface area contributed by atoms with Crippen LogP contribution in [0.2, 0.25) is 0 Å². The summed E-state index contributed by atoms with van der Waals surface area (Å²) in [6.45, 7) is 3.47. The van der Waals surface area contributed by atoms with Crippen molar-refractivity contribution in [1.29, 1.82) is 0 Å². The van der Waals surface area contributed by atoms with E-state index in [0.29, 0.717) is 0 Å². The number of rotatable bonds is 4. The minimum absolute atomic E-state index is 0. The van der Waals surface area contributed by atoms with Crippen LogP contribution < -0.4 is 10.5 Å². The SMILES string of the molecule is C=CC[C@H](N)c1ccc(OC)cc1C(F)(F)F.Cl. The Morgan fingerprint density at radius 1 is 1.44 bits per heavy atom. The third kappa shape index (κ3) is 3.92. The van der Waals surface area contributed by atoms with E-state index in [-0.39, 0.29) is 30.1 Å². The summed E-state index contributed by atoms with van der Waals surface area (Å²) in [4.78, 5) is 0. The summed E-state index contributed by atoms with van der Waals surface area (Å²) in [5.41, 5.74) is 4.98. The molecule has 0 aromatic heterocycles. The number of benzene rings is 1. The fraction of sp³-hybridized carbons (Fsp3) is 0.333. The van der Waals surface area contributed by atoms with E-state index in [1.807, 2.05) is 0 Å². The van der Waals surface area contributed by atoms with Gasteiger partial charge in [0.2, 0.25) is 0 Å². The number of hydrogen-bond donors (Lipinski definition) is 1. The summed E-state index contributed by atoms with van der Waals surface area (Å²) in [7, 11) is 1.32. The molecule has 0 bridgehead atoms. The molecule has 0 saturated carbocycles. The van der Waals surface area contributed by atoms with Crippen LogP contribution >= 0.6 is 12.4 Å². The van der Waals surface area contributed by atoms with Gasteiger partial charge in [-0.15, -0.1) is 19.0 Å². The van der Waals surface area contributed by atoms with Gasteiger partial charge in [-0.3, -0.25) is 0 Å². The van der Waals surface area contributed by atoms with Crippen LogP contribution in [0.4, 0.5) is 13.2 Å². The van der Waals surface area contributed by atoms with Crippen LogP contribution in [0.1, 0.15) is 23.6 Å². The van der Waals surface area contributed by atoms with Crippen molar-refractivity contribution >= 4 is 12.4 Å². The van der Waals surface area contributed by atoms with E-state index in [2.05, 4.69) is 6.58 Å². The predicted molar refractivity (Wildman–Crippen MR) is 67.0 cm³/mol. The third-order valence-corrected chi connectivity index (χ3v) is 2.39. The van der Waals surface area contributed by atoms with Crippen molar-refractivity contribution < 1.29 is 17.9 Å². The first kappa shape index (κ1) is 16.8. The van der Waals surface area contributed by atoms with Gasteiger partial charge in [-0.25, -0.2) is 0 Å². The van der Waals surface area contributed by atoms with Crippen LogP contribution in [0.3, 0.4) is 0 Å². The van der Waals surface area contributed by atoms with Gasteiger partial charge in [-0.05, 0) is 24.1 Å². The normalized spacial score (nSPS) is 12.5. The Bertz CT molecular complexity index is 407. The lowest BCUT2D eigenvalue weighted by atomic mass is 9.98. The van der Waals surface area contributed by atoms with Gasteiger partial charge in [0.05, 0.1) is 12.7 Å². The standard InChI is InChI=1S/C12H14F3NO.ClH/c1-3-4-11(16)9-6-5-8(17-2)7-10(9)12(13,14)15;/h3,5-7,11H,1,4,16H2,2H3;1H/t11-;/m0./s1. The molecule has 1 rings (SSSR count). The Morgan fingerprint density at radius 2 is 2.06 bits per heavy atom.